The second-order valence-corrected chi connectivity index (χ2v) is 7.39. The van der Waals surface area contributed by atoms with Gasteiger partial charge in [-0.25, -0.2) is 0 Å². The van der Waals surface area contributed by atoms with Crippen LogP contribution in [0.3, 0.4) is 0 Å². The number of piperazine rings is 1. The van der Waals surface area contributed by atoms with Crippen molar-refractivity contribution in [2.24, 2.45) is 4.99 Å². The van der Waals surface area contributed by atoms with E-state index in [-0.39, 0.29) is 5.91 Å². The summed E-state index contributed by atoms with van der Waals surface area (Å²) in [5, 5.41) is 3.37. The molecule has 0 saturated carbocycles. The molecule has 1 fully saturated rings. The Morgan fingerprint density at radius 1 is 1.27 bits per heavy atom. The highest BCUT2D eigenvalue weighted by Crippen LogP contribution is 2.17. The van der Waals surface area contributed by atoms with Gasteiger partial charge in [0.1, 0.15) is 0 Å². The molecule has 0 unspecified atom stereocenters. The van der Waals surface area contributed by atoms with E-state index in [1.807, 2.05) is 11.0 Å². The van der Waals surface area contributed by atoms with E-state index < -0.39 is 0 Å². The van der Waals surface area contributed by atoms with E-state index in [0.29, 0.717) is 0 Å². The van der Waals surface area contributed by atoms with Crippen molar-refractivity contribution >= 4 is 27.8 Å². The lowest BCUT2D eigenvalue weighted by molar-refractivity contribution is -0.130. The first-order valence-corrected chi connectivity index (χ1v) is 10.0. The van der Waals surface area contributed by atoms with Crippen LogP contribution in [-0.4, -0.2) is 79.4 Å². The van der Waals surface area contributed by atoms with Crippen molar-refractivity contribution in [2.45, 2.75) is 20.4 Å². The molecule has 0 aliphatic carbocycles. The summed E-state index contributed by atoms with van der Waals surface area (Å²) >= 11 is 3.61. The highest BCUT2D eigenvalue weighted by molar-refractivity contribution is 9.10. The zero-order valence-electron chi connectivity index (χ0n) is 16.0. The van der Waals surface area contributed by atoms with Crippen molar-refractivity contribution in [1.29, 1.82) is 0 Å². The van der Waals surface area contributed by atoms with Crippen molar-refractivity contribution in [1.82, 2.24) is 20.0 Å². The molecule has 1 aromatic rings. The van der Waals surface area contributed by atoms with E-state index in [4.69, 9.17) is 4.99 Å². The van der Waals surface area contributed by atoms with Crippen LogP contribution in [0, 0.1) is 0 Å². The number of hydrogen-bond donors (Lipinski definition) is 1. The fourth-order valence-corrected chi connectivity index (χ4v) is 3.42. The summed E-state index contributed by atoms with van der Waals surface area (Å²) in [6.07, 6.45) is 0. The molecule has 1 heterocycles. The monoisotopic (exact) mass is 423 g/mol. The molecule has 0 radical (unpaired) electrons. The maximum atomic E-state index is 11.4. The minimum absolute atomic E-state index is 0.172. The van der Waals surface area contributed by atoms with Gasteiger partial charge in [-0.1, -0.05) is 34.1 Å². The molecule has 1 saturated heterocycles. The molecule has 1 aliphatic rings. The normalized spacial score (nSPS) is 15.8. The molecule has 2 rings (SSSR count). The van der Waals surface area contributed by atoms with Gasteiger partial charge < -0.3 is 15.1 Å². The molecule has 144 valence electrons. The molecule has 0 spiro atoms. The van der Waals surface area contributed by atoms with Crippen LogP contribution in [0.4, 0.5) is 0 Å². The summed E-state index contributed by atoms with van der Waals surface area (Å²) < 4.78 is 1.12. The zero-order chi connectivity index (χ0) is 18.9. The van der Waals surface area contributed by atoms with Gasteiger partial charge in [-0.3, -0.25) is 14.7 Å². The van der Waals surface area contributed by atoms with Gasteiger partial charge in [0.05, 0.1) is 6.54 Å². The number of hydrogen-bond acceptors (Lipinski definition) is 3. The minimum atomic E-state index is 0.172. The Morgan fingerprint density at radius 3 is 2.58 bits per heavy atom. The Morgan fingerprint density at radius 2 is 1.96 bits per heavy atom. The number of benzene rings is 1. The largest absolute Gasteiger partial charge is 0.357 e. The number of carbonyl (C=O) groups is 1. The smallest absolute Gasteiger partial charge is 0.219 e. The van der Waals surface area contributed by atoms with Gasteiger partial charge in [0.25, 0.3) is 0 Å². The maximum absolute atomic E-state index is 11.4. The number of aliphatic imine (C=N–C) groups is 1. The van der Waals surface area contributed by atoms with Crippen molar-refractivity contribution in [2.75, 3.05) is 52.9 Å². The number of rotatable bonds is 6. The third kappa shape index (κ3) is 6.29. The van der Waals surface area contributed by atoms with E-state index in [1.54, 1.807) is 6.92 Å². The van der Waals surface area contributed by atoms with E-state index in [2.05, 4.69) is 63.2 Å². The topological polar surface area (TPSA) is 51.2 Å². The van der Waals surface area contributed by atoms with Crippen LogP contribution >= 0.6 is 15.9 Å². The Balaban J connectivity index is 1.86. The molecule has 1 N–H and O–H groups in total. The fraction of sp³-hybridized carbons (Fsp3) is 0.579. The second-order valence-electron chi connectivity index (χ2n) is 6.53. The molecule has 0 atom stereocenters. The second kappa shape index (κ2) is 10.5. The molecule has 0 aromatic heterocycles. The quantitative estimate of drug-likeness (QED) is 0.561. The fourth-order valence-electron chi connectivity index (χ4n) is 3.01. The Labute approximate surface area is 165 Å². The molecule has 1 amide bonds. The summed E-state index contributed by atoms with van der Waals surface area (Å²) in [5.41, 5.74) is 1.24. The number of nitrogens with zero attached hydrogens (tertiary/aromatic N) is 4. The summed E-state index contributed by atoms with van der Waals surface area (Å²) in [6, 6.07) is 8.27. The van der Waals surface area contributed by atoms with Gasteiger partial charge in [0.15, 0.2) is 5.96 Å². The first-order valence-electron chi connectivity index (χ1n) is 9.22. The Kier molecular flexibility index (Phi) is 8.38. The average molecular weight is 424 g/mol. The molecule has 6 nitrogen and oxygen atoms in total. The van der Waals surface area contributed by atoms with Crippen molar-refractivity contribution in [3.05, 3.63) is 34.3 Å². The number of nitrogens with one attached hydrogen (secondary N) is 1. The van der Waals surface area contributed by atoms with Gasteiger partial charge in [-0.15, -0.1) is 0 Å². The number of guanidine groups is 1. The third-order valence-electron chi connectivity index (χ3n) is 4.56. The van der Waals surface area contributed by atoms with Crippen molar-refractivity contribution in [3.63, 3.8) is 0 Å². The van der Waals surface area contributed by atoms with Crippen LogP contribution in [0.2, 0.25) is 0 Å². The van der Waals surface area contributed by atoms with E-state index in [9.17, 15) is 4.79 Å². The standard InChI is InChI=1S/C19H30BrN5O/c1-4-21-19(23(3)15-17-7-5-6-8-18(17)20)22-9-10-24-11-13-25(14-12-24)16(2)26/h5-8H,4,9-15H2,1-3H3,(H,21,22). The summed E-state index contributed by atoms with van der Waals surface area (Å²) in [7, 11) is 2.06. The highest BCUT2D eigenvalue weighted by atomic mass is 79.9. The molecule has 26 heavy (non-hydrogen) atoms. The van der Waals surface area contributed by atoms with Gasteiger partial charge in [0.2, 0.25) is 5.91 Å². The lowest BCUT2D eigenvalue weighted by atomic mass is 10.2. The van der Waals surface area contributed by atoms with Gasteiger partial charge in [-0.05, 0) is 18.6 Å². The Hall–Kier alpha value is -1.60. The number of carbonyl (C=O) groups excluding carboxylic acids is 1. The molecular formula is C19H30BrN5O. The third-order valence-corrected chi connectivity index (χ3v) is 5.33. The lowest BCUT2D eigenvalue weighted by Crippen LogP contribution is -2.48. The molecule has 7 heteroatoms. The van der Waals surface area contributed by atoms with Crippen LogP contribution in [0.5, 0.6) is 0 Å². The molecule has 0 bridgehead atoms. The lowest BCUT2D eigenvalue weighted by Gasteiger charge is -2.33. The SMILES string of the molecule is CCNC(=NCCN1CCN(C(C)=O)CC1)N(C)Cc1ccccc1Br. The van der Waals surface area contributed by atoms with Crippen LogP contribution < -0.4 is 5.32 Å². The zero-order valence-corrected chi connectivity index (χ0v) is 17.6. The Bertz CT molecular complexity index is 614. The summed E-state index contributed by atoms with van der Waals surface area (Å²) in [5.74, 6) is 1.09. The van der Waals surface area contributed by atoms with Crippen LogP contribution in [0.25, 0.3) is 0 Å². The number of amides is 1. The first kappa shape index (κ1) is 20.7. The molecule has 1 aromatic carbocycles. The molecule has 1 aliphatic heterocycles. The van der Waals surface area contributed by atoms with Gasteiger partial charge in [-0.2, -0.15) is 0 Å². The number of halogens is 1. The minimum Gasteiger partial charge on any atom is -0.357 e. The van der Waals surface area contributed by atoms with Gasteiger partial charge in [0, 0.05) is 64.3 Å². The first-order chi connectivity index (χ1) is 12.5. The van der Waals surface area contributed by atoms with E-state index in [0.717, 1.165) is 62.8 Å². The van der Waals surface area contributed by atoms with Crippen molar-refractivity contribution in [3.8, 4) is 0 Å². The highest BCUT2D eigenvalue weighted by Gasteiger charge is 2.18. The van der Waals surface area contributed by atoms with E-state index >= 15 is 0 Å². The van der Waals surface area contributed by atoms with Crippen LogP contribution in [0.15, 0.2) is 33.7 Å². The summed E-state index contributed by atoms with van der Waals surface area (Å²) in [6.45, 7) is 10.5. The van der Waals surface area contributed by atoms with Crippen molar-refractivity contribution < 1.29 is 4.79 Å². The summed E-state index contributed by atoms with van der Waals surface area (Å²) in [4.78, 5) is 22.6. The van der Waals surface area contributed by atoms with Gasteiger partial charge >= 0.3 is 0 Å². The van der Waals surface area contributed by atoms with Crippen LogP contribution in [-0.2, 0) is 11.3 Å². The van der Waals surface area contributed by atoms with E-state index in [1.165, 1.54) is 5.56 Å². The molecular weight excluding hydrogens is 394 g/mol. The predicted molar refractivity (Wildman–Crippen MR) is 110 cm³/mol. The average Bonchev–Trinajstić information content (AvgIpc) is 2.63. The van der Waals surface area contributed by atoms with Crippen LogP contribution in [0.1, 0.15) is 19.4 Å². The predicted octanol–water partition coefficient (Wildman–Crippen LogP) is 2.01. The maximum Gasteiger partial charge on any atom is 0.219 e.